The van der Waals surface area contributed by atoms with Crippen LogP contribution in [-0.2, 0) is 9.59 Å². The summed E-state index contributed by atoms with van der Waals surface area (Å²) in [4.78, 5) is 35.8. The molecule has 0 aromatic heterocycles. The molecule has 0 unspecified atom stereocenters. The van der Waals surface area contributed by atoms with Gasteiger partial charge in [0.2, 0.25) is 0 Å². The third kappa shape index (κ3) is 4.37. The number of imide groups is 1. The average Bonchev–Trinajstić information content (AvgIpc) is 2.74. The Morgan fingerprint density at radius 1 is 1.33 bits per heavy atom. The van der Waals surface area contributed by atoms with Crippen LogP contribution in [0.15, 0.2) is 17.8 Å². The number of rotatable bonds is 6. The van der Waals surface area contributed by atoms with Gasteiger partial charge in [-0.05, 0) is 75.4 Å². The van der Waals surface area contributed by atoms with Crippen LogP contribution in [0.1, 0.15) is 18.9 Å². The predicted octanol–water partition coefficient (Wildman–Crippen LogP) is 2.66. The zero-order valence-corrected chi connectivity index (χ0v) is 17.0. The molecule has 1 fully saturated rings. The van der Waals surface area contributed by atoms with Crippen molar-refractivity contribution < 1.29 is 24.2 Å². The van der Waals surface area contributed by atoms with Gasteiger partial charge in [0.25, 0.3) is 5.91 Å². The number of hydrogen-bond acceptors (Lipinski definition) is 4. The smallest absolute Gasteiger partial charge is 0.341 e. The topological polar surface area (TPSA) is 95.9 Å². The highest BCUT2D eigenvalue weighted by Gasteiger charge is 2.32. The number of carboxylic acid groups (broad SMARTS) is 1. The number of aliphatic carboxylic acids is 1. The molecule has 1 aromatic carbocycles. The van der Waals surface area contributed by atoms with E-state index in [0.717, 1.165) is 7.14 Å². The van der Waals surface area contributed by atoms with E-state index in [-0.39, 0.29) is 11.6 Å². The average molecular weight is 556 g/mol. The first-order valence-electron chi connectivity index (χ1n) is 7.01. The summed E-state index contributed by atoms with van der Waals surface area (Å²) in [5.41, 5.74) is 0.938. The molecule has 1 aliphatic rings. The maximum atomic E-state index is 12.2. The molecule has 0 aliphatic carbocycles. The molecule has 2 N–H and O–H groups in total. The van der Waals surface area contributed by atoms with E-state index in [4.69, 9.17) is 9.84 Å². The minimum atomic E-state index is -1.05. The van der Waals surface area contributed by atoms with Crippen molar-refractivity contribution >= 4 is 69.2 Å². The summed E-state index contributed by atoms with van der Waals surface area (Å²) in [7, 11) is 0. The van der Waals surface area contributed by atoms with E-state index in [0.29, 0.717) is 24.3 Å². The Morgan fingerprint density at radius 3 is 2.50 bits per heavy atom. The van der Waals surface area contributed by atoms with Crippen molar-refractivity contribution in [1.29, 1.82) is 0 Å². The first-order valence-corrected chi connectivity index (χ1v) is 9.17. The number of amides is 3. The molecule has 0 spiro atoms. The van der Waals surface area contributed by atoms with Crippen LogP contribution in [0.4, 0.5) is 4.79 Å². The van der Waals surface area contributed by atoms with Crippen LogP contribution in [0.25, 0.3) is 6.08 Å². The fraction of sp³-hybridized carbons (Fsp3) is 0.267. The molecule has 0 radical (unpaired) electrons. The highest BCUT2D eigenvalue weighted by molar-refractivity contribution is 14.1. The molecule has 0 atom stereocenters. The van der Waals surface area contributed by atoms with Crippen molar-refractivity contribution in [3.8, 4) is 5.75 Å². The molecule has 0 saturated carbocycles. The Kier molecular flexibility index (Phi) is 6.43. The highest BCUT2D eigenvalue weighted by atomic mass is 127. The van der Waals surface area contributed by atoms with E-state index in [2.05, 4.69) is 5.32 Å². The summed E-state index contributed by atoms with van der Waals surface area (Å²) in [5, 5.41) is 11.3. The zero-order valence-electron chi connectivity index (χ0n) is 12.6. The van der Waals surface area contributed by atoms with Crippen LogP contribution in [0.2, 0.25) is 0 Å². The van der Waals surface area contributed by atoms with Gasteiger partial charge < -0.3 is 15.2 Å². The first-order chi connectivity index (χ1) is 11.3. The van der Waals surface area contributed by atoms with E-state index in [1.165, 1.54) is 4.90 Å². The standard InChI is InChI=1S/C15H14I2N2O5/c1-2-3-19-14(22)11(18-15(19)23)6-8-4-9(16)13(10(17)5-8)24-7-12(20)21/h4-6H,2-3,7H2,1H3,(H,18,23)(H,20,21)/b11-6+. The monoisotopic (exact) mass is 556 g/mol. The van der Waals surface area contributed by atoms with Gasteiger partial charge in [0.05, 0.1) is 7.14 Å². The number of carboxylic acids is 1. The lowest BCUT2D eigenvalue weighted by molar-refractivity contribution is -0.139. The fourth-order valence-corrected chi connectivity index (χ4v) is 4.23. The molecule has 1 aromatic rings. The van der Waals surface area contributed by atoms with Gasteiger partial charge in [-0.25, -0.2) is 9.59 Å². The van der Waals surface area contributed by atoms with Gasteiger partial charge in [0.15, 0.2) is 6.61 Å². The lowest BCUT2D eigenvalue weighted by Gasteiger charge is -2.10. The second-order valence-corrected chi connectivity index (χ2v) is 7.27. The van der Waals surface area contributed by atoms with Crippen molar-refractivity contribution in [3.05, 3.63) is 30.5 Å². The predicted molar refractivity (Wildman–Crippen MR) is 104 cm³/mol. The quantitative estimate of drug-likeness (QED) is 0.320. The molecule has 3 amide bonds. The minimum absolute atomic E-state index is 0.222. The molecule has 1 aliphatic heterocycles. The Balaban J connectivity index is 2.26. The minimum Gasteiger partial charge on any atom is -0.480 e. The molecular formula is C15H14I2N2O5. The van der Waals surface area contributed by atoms with E-state index in [1.807, 2.05) is 52.1 Å². The van der Waals surface area contributed by atoms with E-state index < -0.39 is 18.6 Å². The fourth-order valence-electron chi connectivity index (χ4n) is 2.10. The molecule has 9 heteroatoms. The maximum absolute atomic E-state index is 12.2. The van der Waals surface area contributed by atoms with Crippen molar-refractivity contribution in [3.63, 3.8) is 0 Å². The summed E-state index contributed by atoms with van der Waals surface area (Å²) in [6.45, 7) is 1.84. The number of nitrogens with one attached hydrogen (secondary N) is 1. The zero-order chi connectivity index (χ0) is 17.9. The number of nitrogens with zero attached hydrogens (tertiary/aromatic N) is 1. The summed E-state index contributed by atoms with van der Waals surface area (Å²) >= 11 is 4.07. The molecule has 24 heavy (non-hydrogen) atoms. The Morgan fingerprint density at radius 2 is 1.96 bits per heavy atom. The molecule has 1 heterocycles. The molecular weight excluding hydrogens is 542 g/mol. The number of hydrogen-bond donors (Lipinski definition) is 2. The molecule has 1 saturated heterocycles. The van der Waals surface area contributed by atoms with Crippen molar-refractivity contribution in [1.82, 2.24) is 10.2 Å². The summed E-state index contributed by atoms with van der Waals surface area (Å²) in [6.07, 6.45) is 2.29. The van der Waals surface area contributed by atoms with Gasteiger partial charge in [-0.2, -0.15) is 0 Å². The third-order valence-electron chi connectivity index (χ3n) is 3.08. The first kappa shape index (κ1) is 19.0. The Labute approximate surface area is 165 Å². The van der Waals surface area contributed by atoms with Gasteiger partial charge in [0, 0.05) is 6.54 Å². The SMILES string of the molecule is CCCN1C(=O)N/C(=C/c2cc(I)c(OCC(=O)O)c(I)c2)C1=O. The largest absolute Gasteiger partial charge is 0.480 e. The lowest BCUT2D eigenvalue weighted by Crippen LogP contribution is -2.31. The van der Waals surface area contributed by atoms with Gasteiger partial charge in [-0.15, -0.1) is 0 Å². The summed E-state index contributed by atoms with van der Waals surface area (Å²) < 4.78 is 6.70. The number of carbonyl (C=O) groups excluding carboxylic acids is 2. The second kappa shape index (κ2) is 8.14. The number of benzene rings is 1. The van der Waals surface area contributed by atoms with Gasteiger partial charge in [0.1, 0.15) is 11.4 Å². The van der Waals surface area contributed by atoms with Gasteiger partial charge in [-0.1, -0.05) is 6.92 Å². The number of carbonyl (C=O) groups is 3. The highest BCUT2D eigenvalue weighted by Crippen LogP contribution is 2.30. The summed E-state index contributed by atoms with van der Waals surface area (Å²) in [5.74, 6) is -0.920. The van der Waals surface area contributed by atoms with Crippen LogP contribution >= 0.6 is 45.2 Å². The van der Waals surface area contributed by atoms with E-state index >= 15 is 0 Å². The number of ether oxygens (including phenoxy) is 1. The third-order valence-corrected chi connectivity index (χ3v) is 4.68. The van der Waals surface area contributed by atoms with Crippen LogP contribution in [0, 0.1) is 7.14 Å². The normalized spacial score (nSPS) is 15.8. The maximum Gasteiger partial charge on any atom is 0.341 e. The number of halogens is 2. The van der Waals surface area contributed by atoms with Crippen molar-refractivity contribution in [2.24, 2.45) is 0 Å². The van der Waals surface area contributed by atoms with E-state index in [1.54, 1.807) is 18.2 Å². The van der Waals surface area contributed by atoms with Crippen molar-refractivity contribution in [2.45, 2.75) is 13.3 Å². The Hall–Kier alpha value is -1.37. The lowest BCUT2D eigenvalue weighted by atomic mass is 10.2. The molecule has 2 rings (SSSR count). The van der Waals surface area contributed by atoms with Crippen LogP contribution in [0.3, 0.4) is 0 Å². The van der Waals surface area contributed by atoms with Gasteiger partial charge >= 0.3 is 12.0 Å². The Bertz CT molecular complexity index is 710. The van der Waals surface area contributed by atoms with Gasteiger partial charge in [-0.3, -0.25) is 9.69 Å². The molecule has 7 nitrogen and oxygen atoms in total. The second-order valence-electron chi connectivity index (χ2n) is 4.94. The van der Waals surface area contributed by atoms with Crippen LogP contribution < -0.4 is 10.1 Å². The number of urea groups is 1. The van der Waals surface area contributed by atoms with E-state index in [9.17, 15) is 14.4 Å². The molecule has 128 valence electrons. The summed E-state index contributed by atoms with van der Waals surface area (Å²) in [6, 6.07) is 3.10. The van der Waals surface area contributed by atoms with Crippen LogP contribution in [-0.4, -0.2) is 41.1 Å². The van der Waals surface area contributed by atoms with Crippen LogP contribution in [0.5, 0.6) is 5.75 Å². The van der Waals surface area contributed by atoms with Crippen molar-refractivity contribution in [2.75, 3.05) is 13.2 Å². The molecule has 0 bridgehead atoms.